The predicted molar refractivity (Wildman–Crippen MR) is 80.3 cm³/mol. The molecule has 0 saturated carbocycles. The Hall–Kier alpha value is -1.65. The Bertz CT molecular complexity index is 570. The van der Waals surface area contributed by atoms with Gasteiger partial charge in [0.1, 0.15) is 5.75 Å². The number of rotatable bonds is 5. The molecule has 0 aliphatic heterocycles. The van der Waals surface area contributed by atoms with Crippen LogP contribution >= 0.6 is 11.6 Å². The molecule has 1 aromatic carbocycles. The van der Waals surface area contributed by atoms with Crippen LogP contribution in [0.1, 0.15) is 25.0 Å². The van der Waals surface area contributed by atoms with E-state index in [0.29, 0.717) is 22.8 Å². The molecule has 1 heterocycles. The van der Waals surface area contributed by atoms with Crippen LogP contribution in [0.4, 0.5) is 0 Å². The molecule has 1 N–H and O–H groups in total. The van der Waals surface area contributed by atoms with Gasteiger partial charge < -0.3 is 10.1 Å². The molecule has 0 radical (unpaired) electrons. The minimum absolute atomic E-state index is 0.333. The molecule has 0 saturated heterocycles. The first kappa shape index (κ1) is 14.8. The van der Waals surface area contributed by atoms with Gasteiger partial charge in [0.05, 0.1) is 0 Å². The van der Waals surface area contributed by atoms with Crippen molar-refractivity contribution in [2.24, 2.45) is 0 Å². The second kappa shape index (κ2) is 6.68. The van der Waals surface area contributed by atoms with Crippen LogP contribution in [0.15, 0.2) is 30.6 Å². The summed E-state index contributed by atoms with van der Waals surface area (Å²) in [5.74, 6) is 0.681. The van der Waals surface area contributed by atoms with E-state index in [1.54, 1.807) is 24.5 Å². The molecule has 0 bridgehead atoms. The zero-order chi connectivity index (χ0) is 14.5. The zero-order valence-corrected chi connectivity index (χ0v) is 12.6. The summed E-state index contributed by atoms with van der Waals surface area (Å²) in [6, 6.07) is 6.22. The lowest BCUT2D eigenvalue weighted by molar-refractivity contribution is 0.440. The van der Waals surface area contributed by atoms with Crippen LogP contribution in [0.25, 0.3) is 0 Å². The summed E-state index contributed by atoms with van der Waals surface area (Å²) in [6.07, 6.45) is 3.53. The van der Waals surface area contributed by atoms with Crippen LogP contribution in [0.2, 0.25) is 5.02 Å². The van der Waals surface area contributed by atoms with Crippen LogP contribution in [0.5, 0.6) is 11.8 Å². The highest BCUT2D eigenvalue weighted by molar-refractivity contribution is 6.31. The van der Waals surface area contributed by atoms with E-state index in [2.05, 4.69) is 29.1 Å². The standard InChI is InChI=1S/C15H18ClN3O/c1-10(2)17-7-12-8-18-15(19-9-12)20-13-4-5-14(16)11(3)6-13/h4-6,8-10,17H,7H2,1-3H3. The molecule has 4 nitrogen and oxygen atoms in total. The molecule has 0 aliphatic carbocycles. The smallest absolute Gasteiger partial charge is 0.321 e. The van der Waals surface area contributed by atoms with Crippen molar-refractivity contribution in [3.05, 3.63) is 46.7 Å². The van der Waals surface area contributed by atoms with Gasteiger partial charge in [0.2, 0.25) is 0 Å². The van der Waals surface area contributed by atoms with Crippen LogP contribution in [-0.2, 0) is 6.54 Å². The Morgan fingerprint density at radius 1 is 1.25 bits per heavy atom. The Kier molecular flexibility index (Phi) is 4.93. The molecule has 0 fully saturated rings. The maximum atomic E-state index is 5.97. The van der Waals surface area contributed by atoms with E-state index >= 15 is 0 Å². The monoisotopic (exact) mass is 291 g/mol. The lowest BCUT2D eigenvalue weighted by Gasteiger charge is -2.08. The Morgan fingerprint density at radius 3 is 2.55 bits per heavy atom. The van der Waals surface area contributed by atoms with Gasteiger partial charge in [-0.05, 0) is 30.7 Å². The number of ether oxygens (including phenoxy) is 1. The summed E-state index contributed by atoms with van der Waals surface area (Å²) in [5, 5.41) is 4.03. The average molecular weight is 292 g/mol. The van der Waals surface area contributed by atoms with Crippen molar-refractivity contribution in [1.82, 2.24) is 15.3 Å². The summed E-state index contributed by atoms with van der Waals surface area (Å²) in [7, 11) is 0. The van der Waals surface area contributed by atoms with Gasteiger partial charge in [-0.2, -0.15) is 0 Å². The fourth-order valence-corrected chi connectivity index (χ4v) is 1.71. The van der Waals surface area contributed by atoms with Gasteiger partial charge in [0.25, 0.3) is 0 Å². The van der Waals surface area contributed by atoms with E-state index in [9.17, 15) is 0 Å². The summed E-state index contributed by atoms with van der Waals surface area (Å²) >= 11 is 5.97. The van der Waals surface area contributed by atoms with Crippen LogP contribution < -0.4 is 10.1 Å². The molecular weight excluding hydrogens is 274 g/mol. The van der Waals surface area contributed by atoms with Gasteiger partial charge in [-0.15, -0.1) is 0 Å². The Morgan fingerprint density at radius 2 is 1.95 bits per heavy atom. The molecule has 1 aromatic heterocycles. The third kappa shape index (κ3) is 4.18. The molecule has 106 valence electrons. The average Bonchev–Trinajstić information content (AvgIpc) is 2.42. The molecule has 0 unspecified atom stereocenters. The topological polar surface area (TPSA) is 47.0 Å². The van der Waals surface area contributed by atoms with Gasteiger partial charge in [-0.25, -0.2) is 9.97 Å². The van der Waals surface area contributed by atoms with E-state index in [0.717, 1.165) is 17.7 Å². The minimum Gasteiger partial charge on any atom is -0.424 e. The molecule has 2 rings (SSSR count). The third-order valence-corrected chi connectivity index (χ3v) is 3.16. The Balaban J connectivity index is 2.01. The second-order valence-corrected chi connectivity index (χ2v) is 5.33. The molecule has 0 aliphatic rings. The van der Waals surface area contributed by atoms with Crippen molar-refractivity contribution >= 4 is 11.6 Å². The van der Waals surface area contributed by atoms with E-state index in [1.165, 1.54) is 0 Å². The van der Waals surface area contributed by atoms with Gasteiger partial charge in [0, 0.05) is 35.6 Å². The number of benzene rings is 1. The molecule has 0 atom stereocenters. The molecule has 20 heavy (non-hydrogen) atoms. The van der Waals surface area contributed by atoms with E-state index in [-0.39, 0.29) is 0 Å². The number of nitrogens with one attached hydrogen (secondary N) is 1. The largest absolute Gasteiger partial charge is 0.424 e. The quantitative estimate of drug-likeness (QED) is 0.912. The summed E-state index contributed by atoms with van der Waals surface area (Å²) in [5.41, 5.74) is 1.99. The highest BCUT2D eigenvalue weighted by Crippen LogP contribution is 2.23. The predicted octanol–water partition coefficient (Wildman–Crippen LogP) is 3.73. The number of aryl methyl sites for hydroxylation is 1. The van der Waals surface area contributed by atoms with Crippen molar-refractivity contribution in [3.8, 4) is 11.8 Å². The van der Waals surface area contributed by atoms with Gasteiger partial charge in [-0.3, -0.25) is 0 Å². The van der Waals surface area contributed by atoms with Gasteiger partial charge in [0.15, 0.2) is 0 Å². The van der Waals surface area contributed by atoms with E-state index in [4.69, 9.17) is 16.3 Å². The van der Waals surface area contributed by atoms with Crippen LogP contribution in [0, 0.1) is 6.92 Å². The van der Waals surface area contributed by atoms with Gasteiger partial charge in [-0.1, -0.05) is 25.4 Å². The normalized spacial score (nSPS) is 10.8. The summed E-state index contributed by atoms with van der Waals surface area (Å²) < 4.78 is 5.59. The highest BCUT2D eigenvalue weighted by Gasteiger charge is 2.03. The van der Waals surface area contributed by atoms with Crippen LogP contribution in [-0.4, -0.2) is 16.0 Å². The van der Waals surface area contributed by atoms with Crippen LogP contribution in [0.3, 0.4) is 0 Å². The molecule has 2 aromatic rings. The maximum Gasteiger partial charge on any atom is 0.321 e. The zero-order valence-electron chi connectivity index (χ0n) is 11.9. The molecule has 0 spiro atoms. The lowest BCUT2D eigenvalue weighted by Crippen LogP contribution is -2.21. The SMILES string of the molecule is Cc1cc(Oc2ncc(CNC(C)C)cn2)ccc1Cl. The first-order valence-electron chi connectivity index (χ1n) is 6.53. The summed E-state index contributed by atoms with van der Waals surface area (Å²) in [4.78, 5) is 8.40. The molecule has 5 heteroatoms. The first-order valence-corrected chi connectivity index (χ1v) is 6.90. The van der Waals surface area contributed by atoms with Crippen molar-refractivity contribution in [1.29, 1.82) is 0 Å². The number of aromatic nitrogens is 2. The van der Waals surface area contributed by atoms with Crippen molar-refractivity contribution in [2.75, 3.05) is 0 Å². The first-order chi connectivity index (χ1) is 9.54. The second-order valence-electron chi connectivity index (χ2n) is 4.92. The van der Waals surface area contributed by atoms with Crippen molar-refractivity contribution < 1.29 is 4.74 Å². The Labute approximate surface area is 124 Å². The molecule has 0 amide bonds. The number of hydrogen-bond acceptors (Lipinski definition) is 4. The highest BCUT2D eigenvalue weighted by atomic mass is 35.5. The van der Waals surface area contributed by atoms with Crippen molar-refractivity contribution in [2.45, 2.75) is 33.4 Å². The summed E-state index contributed by atoms with van der Waals surface area (Å²) in [6.45, 7) is 6.87. The number of nitrogens with zero attached hydrogens (tertiary/aromatic N) is 2. The molecular formula is C15H18ClN3O. The fourth-order valence-electron chi connectivity index (χ4n) is 1.59. The third-order valence-electron chi connectivity index (χ3n) is 2.73. The number of halogens is 1. The number of hydrogen-bond donors (Lipinski definition) is 1. The van der Waals surface area contributed by atoms with Gasteiger partial charge >= 0.3 is 6.01 Å². The maximum absolute atomic E-state index is 5.97. The lowest BCUT2D eigenvalue weighted by atomic mass is 10.2. The van der Waals surface area contributed by atoms with Crippen molar-refractivity contribution in [3.63, 3.8) is 0 Å². The van der Waals surface area contributed by atoms with E-state index in [1.807, 2.05) is 13.0 Å². The minimum atomic E-state index is 0.333. The van der Waals surface area contributed by atoms with E-state index < -0.39 is 0 Å². The fraction of sp³-hybridized carbons (Fsp3) is 0.333.